The Labute approximate surface area is 173 Å². The molecule has 31 heavy (non-hydrogen) atoms. The Hall–Kier alpha value is -4.09. The second kappa shape index (κ2) is 7.63. The van der Waals surface area contributed by atoms with E-state index in [2.05, 4.69) is 25.2 Å². The van der Waals surface area contributed by atoms with Gasteiger partial charge in [-0.2, -0.15) is 10.1 Å². The van der Waals surface area contributed by atoms with Crippen molar-refractivity contribution in [3.63, 3.8) is 0 Å². The van der Waals surface area contributed by atoms with E-state index in [4.69, 9.17) is 5.73 Å². The fourth-order valence-corrected chi connectivity index (χ4v) is 3.03. The van der Waals surface area contributed by atoms with Crippen molar-refractivity contribution in [2.24, 2.45) is 0 Å². The number of hydrogen-bond acceptors (Lipinski definition) is 6. The molecule has 0 saturated carbocycles. The molecule has 0 fully saturated rings. The number of pyridine rings is 1. The van der Waals surface area contributed by atoms with E-state index in [0.717, 1.165) is 29.0 Å². The Morgan fingerprint density at radius 2 is 1.97 bits per heavy atom. The first-order chi connectivity index (χ1) is 14.7. The maximum atomic E-state index is 12.4. The summed E-state index contributed by atoms with van der Waals surface area (Å²) in [6.45, 7) is 1.74. The van der Waals surface area contributed by atoms with Crippen LogP contribution in [0.5, 0.6) is 5.75 Å². The van der Waals surface area contributed by atoms with E-state index in [1.54, 1.807) is 16.9 Å². The molecule has 1 amide bonds. The van der Waals surface area contributed by atoms with Gasteiger partial charge in [0.2, 0.25) is 11.9 Å². The molecule has 0 spiro atoms. The van der Waals surface area contributed by atoms with Crippen molar-refractivity contribution in [1.29, 1.82) is 0 Å². The zero-order valence-electron chi connectivity index (χ0n) is 16.1. The molecule has 4 aromatic rings. The van der Waals surface area contributed by atoms with Gasteiger partial charge in [-0.3, -0.25) is 9.48 Å². The number of rotatable bonds is 5. The number of fused-ring (bicyclic) bond motifs is 1. The van der Waals surface area contributed by atoms with Gasteiger partial charge in [-0.1, -0.05) is 0 Å². The van der Waals surface area contributed by atoms with Crippen molar-refractivity contribution < 1.29 is 22.7 Å². The number of ether oxygens (including phenoxy) is 1. The molecule has 160 valence electrons. The number of anilines is 2. The topological polar surface area (TPSA) is 112 Å². The summed E-state index contributed by atoms with van der Waals surface area (Å²) in [4.78, 5) is 16.5. The van der Waals surface area contributed by atoms with E-state index < -0.39 is 6.36 Å². The summed E-state index contributed by atoms with van der Waals surface area (Å²) in [7, 11) is 0. The Balaban J connectivity index is 1.45. The van der Waals surface area contributed by atoms with Gasteiger partial charge in [0.15, 0.2) is 5.65 Å². The number of nitrogens with one attached hydrogen (secondary N) is 1. The lowest BCUT2D eigenvalue weighted by atomic mass is 10.1. The Bertz CT molecular complexity index is 1250. The molecule has 4 rings (SSSR count). The summed E-state index contributed by atoms with van der Waals surface area (Å²) in [6, 6.07) is 8.52. The van der Waals surface area contributed by atoms with Crippen molar-refractivity contribution in [3.05, 3.63) is 54.5 Å². The van der Waals surface area contributed by atoms with Gasteiger partial charge in [0.1, 0.15) is 12.3 Å². The number of nitrogens with zero attached hydrogens (tertiary/aromatic N) is 5. The van der Waals surface area contributed by atoms with Crippen molar-refractivity contribution in [3.8, 4) is 16.9 Å². The molecule has 0 aliphatic heterocycles. The SMILES string of the molecule is Cc1c(-c2ccn3nc(N)nc3c2)cnn1CC(=O)Nc1ccc(OC(F)(F)F)cc1. The molecule has 0 unspecified atom stereocenters. The van der Waals surface area contributed by atoms with E-state index >= 15 is 0 Å². The lowest BCUT2D eigenvalue weighted by Gasteiger charge is -2.10. The molecule has 9 nitrogen and oxygen atoms in total. The van der Waals surface area contributed by atoms with Crippen LogP contribution in [0, 0.1) is 6.92 Å². The maximum absolute atomic E-state index is 12.4. The molecule has 3 heterocycles. The summed E-state index contributed by atoms with van der Waals surface area (Å²) in [5, 5.41) is 10.9. The zero-order valence-corrected chi connectivity index (χ0v) is 16.1. The minimum absolute atomic E-state index is 0.0766. The van der Waals surface area contributed by atoms with Crippen LogP contribution in [0.4, 0.5) is 24.8 Å². The average Bonchev–Trinajstić information content (AvgIpc) is 3.23. The number of nitrogen functional groups attached to an aromatic ring is 1. The molecule has 0 atom stereocenters. The minimum atomic E-state index is -4.77. The highest BCUT2D eigenvalue weighted by Gasteiger charge is 2.31. The van der Waals surface area contributed by atoms with Gasteiger partial charge >= 0.3 is 6.36 Å². The number of benzene rings is 1. The largest absolute Gasteiger partial charge is 0.573 e. The first kappa shape index (κ1) is 20.2. The molecule has 3 aromatic heterocycles. The molecule has 0 saturated heterocycles. The molecular formula is C19H16F3N7O2. The van der Waals surface area contributed by atoms with Crippen LogP contribution in [0.1, 0.15) is 5.69 Å². The predicted octanol–water partition coefficient (Wildman–Crippen LogP) is 3.02. The molecule has 0 aliphatic rings. The van der Waals surface area contributed by atoms with E-state index in [9.17, 15) is 18.0 Å². The standard InChI is InChI=1S/C19H16F3N7O2/c1-11-15(12-6-7-28-16(8-12)26-18(23)27-28)9-24-29(11)10-17(30)25-13-2-4-14(5-3-13)31-19(20,21)22/h2-9H,10H2,1H3,(H2,23,27)(H,25,30). The van der Waals surface area contributed by atoms with Crippen molar-refractivity contribution in [2.45, 2.75) is 19.8 Å². The highest BCUT2D eigenvalue weighted by atomic mass is 19.4. The number of alkyl halides is 3. The highest BCUT2D eigenvalue weighted by Crippen LogP contribution is 2.25. The molecule has 12 heteroatoms. The predicted molar refractivity (Wildman–Crippen MR) is 105 cm³/mol. The van der Waals surface area contributed by atoms with E-state index in [1.807, 2.05) is 19.1 Å². The van der Waals surface area contributed by atoms with Gasteiger partial charge in [-0.05, 0) is 48.9 Å². The van der Waals surface area contributed by atoms with Crippen LogP contribution < -0.4 is 15.8 Å². The third-order valence-electron chi connectivity index (χ3n) is 4.43. The smallest absolute Gasteiger partial charge is 0.406 e. The Kier molecular flexibility index (Phi) is 4.97. The third kappa shape index (κ3) is 4.57. The molecule has 0 radical (unpaired) electrons. The first-order valence-electron chi connectivity index (χ1n) is 8.98. The summed E-state index contributed by atoms with van der Waals surface area (Å²) in [5.41, 5.74) is 8.92. The zero-order chi connectivity index (χ0) is 22.2. The van der Waals surface area contributed by atoms with Crippen LogP contribution in [-0.2, 0) is 11.3 Å². The average molecular weight is 431 g/mol. The van der Waals surface area contributed by atoms with Crippen molar-refractivity contribution in [2.75, 3.05) is 11.1 Å². The normalized spacial score (nSPS) is 11.6. The first-order valence-corrected chi connectivity index (χ1v) is 8.98. The van der Waals surface area contributed by atoms with Crippen molar-refractivity contribution >= 4 is 23.2 Å². The number of amides is 1. The maximum Gasteiger partial charge on any atom is 0.573 e. The van der Waals surface area contributed by atoms with E-state index in [0.29, 0.717) is 11.3 Å². The van der Waals surface area contributed by atoms with Crippen LogP contribution in [0.25, 0.3) is 16.8 Å². The summed E-state index contributed by atoms with van der Waals surface area (Å²) < 4.78 is 43.5. The van der Waals surface area contributed by atoms with E-state index in [1.165, 1.54) is 16.8 Å². The highest BCUT2D eigenvalue weighted by molar-refractivity contribution is 5.90. The molecule has 0 bridgehead atoms. The number of nitrogens with two attached hydrogens (primary N) is 1. The lowest BCUT2D eigenvalue weighted by Crippen LogP contribution is -2.20. The van der Waals surface area contributed by atoms with E-state index in [-0.39, 0.29) is 24.1 Å². The van der Waals surface area contributed by atoms with Crippen molar-refractivity contribution in [1.82, 2.24) is 24.4 Å². The number of carbonyl (C=O) groups is 1. The fourth-order valence-electron chi connectivity index (χ4n) is 3.03. The van der Waals surface area contributed by atoms with Crippen LogP contribution >= 0.6 is 0 Å². The van der Waals surface area contributed by atoms with Gasteiger partial charge < -0.3 is 15.8 Å². The van der Waals surface area contributed by atoms with Crippen LogP contribution in [0.15, 0.2) is 48.8 Å². The number of hydrogen-bond donors (Lipinski definition) is 2. The minimum Gasteiger partial charge on any atom is -0.406 e. The van der Waals surface area contributed by atoms with Gasteiger partial charge in [0.25, 0.3) is 0 Å². The number of aromatic nitrogens is 5. The molecule has 1 aromatic carbocycles. The number of carbonyl (C=O) groups excluding carboxylic acids is 1. The van der Waals surface area contributed by atoms with Gasteiger partial charge in [0, 0.05) is 23.1 Å². The molecule has 0 aliphatic carbocycles. The lowest BCUT2D eigenvalue weighted by molar-refractivity contribution is -0.274. The van der Waals surface area contributed by atoms with Gasteiger partial charge in [0.05, 0.1) is 6.20 Å². The monoisotopic (exact) mass is 431 g/mol. The van der Waals surface area contributed by atoms with Gasteiger partial charge in [-0.25, -0.2) is 4.52 Å². The molecule has 3 N–H and O–H groups in total. The van der Waals surface area contributed by atoms with Gasteiger partial charge in [-0.15, -0.1) is 18.3 Å². The second-order valence-corrected chi connectivity index (χ2v) is 6.61. The summed E-state index contributed by atoms with van der Waals surface area (Å²) >= 11 is 0. The summed E-state index contributed by atoms with van der Waals surface area (Å²) in [5.74, 6) is -0.591. The third-order valence-corrected chi connectivity index (χ3v) is 4.43. The molecular weight excluding hydrogens is 415 g/mol. The van der Waals surface area contributed by atoms with Crippen LogP contribution in [0.2, 0.25) is 0 Å². The fraction of sp³-hybridized carbons (Fsp3) is 0.158. The Morgan fingerprint density at radius 3 is 2.68 bits per heavy atom. The summed E-state index contributed by atoms with van der Waals surface area (Å²) in [6.07, 6.45) is -1.41. The quantitative estimate of drug-likeness (QED) is 0.502. The second-order valence-electron chi connectivity index (χ2n) is 6.61. The number of halogens is 3. The Morgan fingerprint density at radius 1 is 1.23 bits per heavy atom. The van der Waals surface area contributed by atoms with Crippen LogP contribution in [-0.4, -0.2) is 36.6 Å². The van der Waals surface area contributed by atoms with Crippen LogP contribution in [0.3, 0.4) is 0 Å².